The van der Waals surface area contributed by atoms with E-state index in [2.05, 4.69) is 85.2 Å². The number of ether oxygens (including phenoxy) is 1. The van der Waals surface area contributed by atoms with Crippen molar-refractivity contribution >= 4 is 41.4 Å². The number of hydrogen-bond donors (Lipinski definition) is 0. The van der Waals surface area contributed by atoms with Gasteiger partial charge in [0.2, 0.25) is 14.3 Å². The van der Waals surface area contributed by atoms with Crippen LogP contribution in [0.1, 0.15) is 47.1 Å². The van der Waals surface area contributed by atoms with Gasteiger partial charge in [-0.3, -0.25) is 0 Å². The first-order valence-corrected chi connectivity index (χ1v) is 15.8. The summed E-state index contributed by atoms with van der Waals surface area (Å²) < 4.78 is 15.1. The molecule has 1 aliphatic rings. The minimum Gasteiger partial charge on any atom is -0.543 e. The van der Waals surface area contributed by atoms with Crippen LogP contribution in [0.25, 0.3) is 22.4 Å². The zero-order valence-corrected chi connectivity index (χ0v) is 23.9. The molecular formula is C25H36BrN5O2Si. The molecule has 0 N–H and O–H groups in total. The molecule has 2 aromatic heterocycles. The van der Waals surface area contributed by atoms with Crippen molar-refractivity contribution in [2.45, 2.75) is 65.2 Å². The normalized spacial score (nSPS) is 16.2. The van der Waals surface area contributed by atoms with E-state index in [0.29, 0.717) is 13.2 Å². The molecule has 1 aliphatic heterocycles. The summed E-state index contributed by atoms with van der Waals surface area (Å²) >= 11 is 3.69. The molecule has 0 amide bonds. The lowest BCUT2D eigenvalue weighted by atomic mass is 10.1. The largest absolute Gasteiger partial charge is 0.543 e. The van der Waals surface area contributed by atoms with Gasteiger partial charge in [-0.1, -0.05) is 39.8 Å². The molecule has 0 spiro atoms. The lowest BCUT2D eigenvalue weighted by Gasteiger charge is -2.36. The Kier molecular flexibility index (Phi) is 7.08. The molecule has 184 valence electrons. The third-order valence-electron chi connectivity index (χ3n) is 7.10. The van der Waals surface area contributed by atoms with Crippen LogP contribution in [0.15, 0.2) is 29.0 Å². The number of halogens is 1. The Balaban J connectivity index is 1.86. The zero-order valence-electron chi connectivity index (χ0n) is 21.4. The molecule has 3 aromatic rings. The van der Waals surface area contributed by atoms with Gasteiger partial charge in [0.15, 0.2) is 10.4 Å². The SMILES string of the molecule is CCC(C)n1c(Br)nc2c(-c3cccc(O[Si](C)(C)C(C)(C)C)c3)nc(N3CCOCC3)nc21. The van der Waals surface area contributed by atoms with E-state index >= 15 is 0 Å². The molecule has 0 aliphatic carbocycles. The first kappa shape index (κ1) is 25.1. The highest BCUT2D eigenvalue weighted by molar-refractivity contribution is 9.10. The second-order valence-corrected chi connectivity index (χ2v) is 16.0. The van der Waals surface area contributed by atoms with Crippen molar-refractivity contribution in [2.75, 3.05) is 31.2 Å². The lowest BCUT2D eigenvalue weighted by molar-refractivity contribution is 0.122. The molecule has 34 heavy (non-hydrogen) atoms. The van der Waals surface area contributed by atoms with Gasteiger partial charge < -0.3 is 18.6 Å². The molecule has 9 heteroatoms. The molecule has 4 rings (SSSR count). The minimum atomic E-state index is -1.97. The molecule has 1 aromatic carbocycles. The summed E-state index contributed by atoms with van der Waals surface area (Å²) in [7, 11) is -1.97. The second-order valence-electron chi connectivity index (χ2n) is 10.5. The number of benzene rings is 1. The smallest absolute Gasteiger partial charge is 0.250 e. The van der Waals surface area contributed by atoms with Crippen LogP contribution in [0.3, 0.4) is 0 Å². The molecule has 3 heterocycles. The Morgan fingerprint density at radius 3 is 2.50 bits per heavy atom. The summed E-state index contributed by atoms with van der Waals surface area (Å²) in [5.41, 5.74) is 3.46. The van der Waals surface area contributed by atoms with Gasteiger partial charge in [0.25, 0.3) is 0 Å². The van der Waals surface area contributed by atoms with Crippen LogP contribution in [0.4, 0.5) is 5.95 Å². The monoisotopic (exact) mass is 545 g/mol. The quantitative estimate of drug-likeness (QED) is 0.262. The summed E-state index contributed by atoms with van der Waals surface area (Å²) in [6.45, 7) is 18.6. The number of aromatic nitrogens is 4. The predicted octanol–water partition coefficient (Wildman–Crippen LogP) is 6.45. The first-order chi connectivity index (χ1) is 16.0. The molecule has 1 saturated heterocycles. The number of anilines is 1. The van der Waals surface area contributed by atoms with Crippen LogP contribution in [-0.2, 0) is 4.74 Å². The molecular weight excluding hydrogens is 510 g/mol. The van der Waals surface area contributed by atoms with E-state index in [1.54, 1.807) is 0 Å². The Morgan fingerprint density at radius 2 is 1.85 bits per heavy atom. The Hall–Kier alpha value is -1.97. The minimum absolute atomic E-state index is 0.120. The third kappa shape index (κ3) is 4.88. The molecule has 0 bridgehead atoms. The number of hydrogen-bond acceptors (Lipinski definition) is 6. The maximum atomic E-state index is 6.61. The molecule has 1 unspecified atom stereocenters. The van der Waals surface area contributed by atoms with Gasteiger partial charge >= 0.3 is 0 Å². The maximum Gasteiger partial charge on any atom is 0.250 e. The van der Waals surface area contributed by atoms with Crippen LogP contribution in [0, 0.1) is 0 Å². The van der Waals surface area contributed by atoms with E-state index in [-0.39, 0.29) is 11.1 Å². The van der Waals surface area contributed by atoms with E-state index in [0.717, 1.165) is 58.4 Å². The van der Waals surface area contributed by atoms with Gasteiger partial charge in [0.1, 0.15) is 17.0 Å². The predicted molar refractivity (Wildman–Crippen MR) is 144 cm³/mol. The van der Waals surface area contributed by atoms with Gasteiger partial charge in [-0.2, -0.15) is 4.98 Å². The number of nitrogens with zero attached hydrogens (tertiary/aromatic N) is 5. The Labute approximate surface area is 212 Å². The number of fused-ring (bicyclic) bond motifs is 1. The molecule has 0 saturated carbocycles. The number of imidazole rings is 1. The second kappa shape index (κ2) is 9.58. The fourth-order valence-corrected chi connectivity index (χ4v) is 5.49. The van der Waals surface area contributed by atoms with Crippen molar-refractivity contribution in [1.29, 1.82) is 0 Å². The Morgan fingerprint density at radius 1 is 1.15 bits per heavy atom. The summed E-state index contributed by atoms with van der Waals surface area (Å²) in [5.74, 6) is 1.60. The van der Waals surface area contributed by atoms with Gasteiger partial charge in [0.05, 0.1) is 13.2 Å². The van der Waals surface area contributed by atoms with Crippen molar-refractivity contribution in [3.8, 4) is 17.0 Å². The van der Waals surface area contributed by atoms with E-state index in [4.69, 9.17) is 24.1 Å². The van der Waals surface area contributed by atoms with Crippen molar-refractivity contribution < 1.29 is 9.16 Å². The van der Waals surface area contributed by atoms with Crippen LogP contribution in [0.2, 0.25) is 18.1 Å². The fourth-order valence-electron chi connectivity index (χ4n) is 3.77. The lowest BCUT2D eigenvalue weighted by Crippen LogP contribution is -2.43. The van der Waals surface area contributed by atoms with Gasteiger partial charge in [-0.25, -0.2) is 9.97 Å². The number of rotatable bonds is 6. The fraction of sp³-hybridized carbons (Fsp3) is 0.560. The molecule has 7 nitrogen and oxygen atoms in total. The molecule has 1 atom stereocenters. The topological polar surface area (TPSA) is 65.3 Å². The highest BCUT2D eigenvalue weighted by Crippen LogP contribution is 2.39. The van der Waals surface area contributed by atoms with E-state index in [9.17, 15) is 0 Å². The highest BCUT2D eigenvalue weighted by atomic mass is 79.9. The van der Waals surface area contributed by atoms with Gasteiger partial charge in [0, 0.05) is 24.7 Å². The van der Waals surface area contributed by atoms with Crippen LogP contribution >= 0.6 is 15.9 Å². The molecule has 0 radical (unpaired) electrons. The highest BCUT2D eigenvalue weighted by Gasteiger charge is 2.39. The van der Waals surface area contributed by atoms with Crippen molar-refractivity contribution in [1.82, 2.24) is 19.5 Å². The van der Waals surface area contributed by atoms with Crippen molar-refractivity contribution in [2.24, 2.45) is 0 Å². The number of morpholine rings is 1. The summed E-state index contributed by atoms with van der Waals surface area (Å²) in [6.07, 6.45) is 0.978. The van der Waals surface area contributed by atoms with Crippen LogP contribution in [-0.4, -0.2) is 54.1 Å². The van der Waals surface area contributed by atoms with Crippen molar-refractivity contribution in [3.63, 3.8) is 0 Å². The van der Waals surface area contributed by atoms with Gasteiger partial charge in [-0.05, 0) is 59.5 Å². The maximum absolute atomic E-state index is 6.61. The van der Waals surface area contributed by atoms with Crippen LogP contribution < -0.4 is 9.33 Å². The summed E-state index contributed by atoms with van der Waals surface area (Å²) in [6, 6.07) is 8.52. The zero-order chi connectivity index (χ0) is 24.7. The third-order valence-corrected chi connectivity index (χ3v) is 12.0. The Bertz CT molecular complexity index is 1170. The van der Waals surface area contributed by atoms with Crippen LogP contribution in [0.5, 0.6) is 5.75 Å². The summed E-state index contributed by atoms with van der Waals surface area (Å²) in [4.78, 5) is 17.1. The standard InChI is InChI=1S/C25H36BrN5O2Si/c1-8-17(2)31-22-21(27-23(31)26)20(28-24(29-22)30-12-14-32-15-13-30)18-10-9-11-19(16-18)33-34(6,7)25(3,4)5/h9-11,16-17H,8,12-15H2,1-7H3. The van der Waals surface area contributed by atoms with E-state index in [1.165, 1.54) is 0 Å². The van der Waals surface area contributed by atoms with E-state index in [1.807, 2.05) is 12.1 Å². The molecule has 1 fully saturated rings. The average Bonchev–Trinajstić information content (AvgIpc) is 3.13. The first-order valence-electron chi connectivity index (χ1n) is 12.1. The van der Waals surface area contributed by atoms with Crippen molar-refractivity contribution in [3.05, 3.63) is 29.0 Å². The van der Waals surface area contributed by atoms with E-state index < -0.39 is 8.32 Å². The van der Waals surface area contributed by atoms with Gasteiger partial charge in [-0.15, -0.1) is 0 Å². The summed E-state index contributed by atoms with van der Waals surface area (Å²) in [5, 5.41) is 0.120. The average molecular weight is 547 g/mol.